The minimum absolute atomic E-state index is 0.00742. The van der Waals surface area contributed by atoms with E-state index in [0.717, 1.165) is 12.1 Å². The number of anilines is 2. The van der Waals surface area contributed by atoms with E-state index in [1.807, 2.05) is 0 Å². The van der Waals surface area contributed by atoms with Crippen LogP contribution in [-0.2, 0) is 19.3 Å². The van der Waals surface area contributed by atoms with Gasteiger partial charge in [-0.05, 0) is 48.4 Å². The van der Waals surface area contributed by atoms with Crippen LogP contribution in [0.3, 0.4) is 0 Å². The van der Waals surface area contributed by atoms with E-state index in [0.29, 0.717) is 28.5 Å². The predicted molar refractivity (Wildman–Crippen MR) is 119 cm³/mol. The van der Waals surface area contributed by atoms with Crippen molar-refractivity contribution in [2.75, 3.05) is 18.2 Å². The number of nitrogens with one attached hydrogen (secondary N) is 1. The molecule has 0 radical (unpaired) electrons. The van der Waals surface area contributed by atoms with Gasteiger partial charge in [-0.15, -0.1) is 0 Å². The second-order valence-electron chi connectivity index (χ2n) is 7.75. The van der Waals surface area contributed by atoms with Crippen molar-refractivity contribution in [1.29, 1.82) is 0 Å². The Hall–Kier alpha value is -3.60. The number of nitrogen functional groups attached to an aromatic ring is 1. The van der Waals surface area contributed by atoms with Gasteiger partial charge in [0.05, 0.1) is 37.5 Å². The number of rotatable bonds is 5. The third-order valence-electron chi connectivity index (χ3n) is 5.35. The molecular formula is C22H20ClF3N6O2. The average molecular weight is 493 g/mol. The molecular weight excluding hydrogens is 473 g/mol. The lowest BCUT2D eigenvalue weighted by molar-refractivity contribution is -0.137. The molecule has 0 bridgehead atoms. The van der Waals surface area contributed by atoms with Crippen LogP contribution in [0.25, 0.3) is 0 Å². The van der Waals surface area contributed by atoms with E-state index < -0.39 is 17.8 Å². The monoisotopic (exact) mass is 492 g/mol. The molecule has 1 aliphatic rings. The summed E-state index contributed by atoms with van der Waals surface area (Å²) in [7, 11) is 1.46. The molecule has 0 saturated heterocycles. The predicted octanol–water partition coefficient (Wildman–Crippen LogP) is 4.46. The van der Waals surface area contributed by atoms with Gasteiger partial charge in [-0.3, -0.25) is 4.79 Å². The van der Waals surface area contributed by atoms with Gasteiger partial charge in [0, 0.05) is 17.3 Å². The van der Waals surface area contributed by atoms with Crippen LogP contribution in [0.2, 0.25) is 5.28 Å². The quantitative estimate of drug-likeness (QED) is 0.400. The second kappa shape index (κ2) is 8.98. The van der Waals surface area contributed by atoms with Gasteiger partial charge < -0.3 is 20.7 Å². The maximum Gasteiger partial charge on any atom is 0.416 e. The highest BCUT2D eigenvalue weighted by Crippen LogP contribution is 2.35. The number of methoxy groups -OCH3 is 1. The lowest BCUT2D eigenvalue weighted by Gasteiger charge is -2.19. The Morgan fingerprint density at radius 1 is 1.21 bits per heavy atom. The molecule has 1 amide bonds. The number of ether oxygens (including phenoxy) is 1. The second-order valence-corrected chi connectivity index (χ2v) is 8.08. The molecule has 3 aromatic rings. The van der Waals surface area contributed by atoms with Crippen molar-refractivity contribution in [3.63, 3.8) is 0 Å². The molecule has 34 heavy (non-hydrogen) atoms. The highest BCUT2D eigenvalue weighted by atomic mass is 35.5. The fourth-order valence-electron chi connectivity index (χ4n) is 3.68. The SMILES string of the molecule is COc1cccc(C(=O)N2Cc3nc(Cl)nc(N[C@H](C)c4cc(N)cc(C(F)(F)F)c4)c3C2)n1. The number of carbonyl (C=O) groups excluding carboxylic acids is 1. The molecule has 1 atom stereocenters. The van der Waals surface area contributed by atoms with Gasteiger partial charge in [0.1, 0.15) is 11.5 Å². The van der Waals surface area contributed by atoms with Crippen molar-refractivity contribution in [2.24, 2.45) is 0 Å². The van der Waals surface area contributed by atoms with Crippen LogP contribution >= 0.6 is 11.6 Å². The fourth-order valence-corrected chi connectivity index (χ4v) is 3.86. The summed E-state index contributed by atoms with van der Waals surface area (Å²) >= 11 is 6.09. The molecule has 0 aliphatic carbocycles. The van der Waals surface area contributed by atoms with Gasteiger partial charge in [-0.2, -0.15) is 13.2 Å². The minimum Gasteiger partial charge on any atom is -0.481 e. The van der Waals surface area contributed by atoms with Gasteiger partial charge >= 0.3 is 6.18 Å². The van der Waals surface area contributed by atoms with E-state index in [-0.39, 0.29) is 35.7 Å². The van der Waals surface area contributed by atoms with Crippen LogP contribution in [0, 0.1) is 0 Å². The van der Waals surface area contributed by atoms with Gasteiger partial charge in [0.15, 0.2) is 0 Å². The van der Waals surface area contributed by atoms with Crippen LogP contribution in [0.15, 0.2) is 36.4 Å². The molecule has 0 saturated carbocycles. The fraction of sp³-hybridized carbons (Fsp3) is 0.273. The lowest BCUT2D eigenvalue weighted by atomic mass is 10.0. The number of alkyl halides is 3. The van der Waals surface area contributed by atoms with E-state index in [1.54, 1.807) is 25.1 Å². The first-order valence-corrected chi connectivity index (χ1v) is 10.5. The summed E-state index contributed by atoms with van der Waals surface area (Å²) in [4.78, 5) is 27.1. The number of hydrogen-bond acceptors (Lipinski definition) is 7. The summed E-state index contributed by atoms with van der Waals surface area (Å²) in [6, 6.07) is 7.64. The van der Waals surface area contributed by atoms with Gasteiger partial charge in [0.2, 0.25) is 11.2 Å². The summed E-state index contributed by atoms with van der Waals surface area (Å²) in [5.74, 6) is 0.298. The summed E-state index contributed by atoms with van der Waals surface area (Å²) in [6.45, 7) is 2.02. The Morgan fingerprint density at radius 3 is 2.68 bits per heavy atom. The smallest absolute Gasteiger partial charge is 0.416 e. The van der Waals surface area contributed by atoms with E-state index in [4.69, 9.17) is 22.1 Å². The molecule has 0 spiro atoms. The minimum atomic E-state index is -4.53. The number of halogens is 4. The number of pyridine rings is 1. The molecule has 0 fully saturated rings. The number of nitrogens with zero attached hydrogens (tertiary/aromatic N) is 4. The lowest BCUT2D eigenvalue weighted by Crippen LogP contribution is -2.26. The van der Waals surface area contributed by atoms with Crippen LogP contribution in [-0.4, -0.2) is 32.9 Å². The van der Waals surface area contributed by atoms with Crippen LogP contribution < -0.4 is 15.8 Å². The standard InChI is InChI=1S/C22H20ClF3N6O2/c1-11(12-6-13(22(24,25)26)8-14(27)7-12)28-19-15-9-32(10-17(15)30-21(23)31-19)20(33)16-4-3-5-18(29-16)34-2/h3-8,11H,9-10,27H2,1-2H3,(H,28,30,31)/t11-/m1/s1. The first-order chi connectivity index (χ1) is 16.0. The molecule has 1 aromatic carbocycles. The number of aromatic nitrogens is 3. The van der Waals surface area contributed by atoms with Gasteiger partial charge in [-0.25, -0.2) is 15.0 Å². The van der Waals surface area contributed by atoms with Crippen molar-refractivity contribution in [3.05, 3.63) is 69.8 Å². The molecule has 178 valence electrons. The molecule has 8 nitrogen and oxygen atoms in total. The maximum absolute atomic E-state index is 13.2. The van der Waals surface area contributed by atoms with Crippen LogP contribution in [0.4, 0.5) is 24.7 Å². The van der Waals surface area contributed by atoms with E-state index in [9.17, 15) is 18.0 Å². The van der Waals surface area contributed by atoms with Gasteiger partial charge in [-0.1, -0.05) is 6.07 Å². The van der Waals surface area contributed by atoms with Crippen LogP contribution in [0.1, 0.15) is 45.8 Å². The van der Waals surface area contributed by atoms with Crippen molar-refractivity contribution in [2.45, 2.75) is 32.2 Å². The molecule has 3 N–H and O–H groups in total. The zero-order valence-electron chi connectivity index (χ0n) is 18.2. The normalized spacial score (nSPS) is 14.0. The zero-order chi connectivity index (χ0) is 24.6. The number of hydrogen-bond donors (Lipinski definition) is 2. The molecule has 2 aromatic heterocycles. The summed E-state index contributed by atoms with van der Waals surface area (Å²) < 4.78 is 44.7. The Labute approximate surface area is 197 Å². The molecule has 4 rings (SSSR count). The van der Waals surface area contributed by atoms with Crippen LogP contribution in [0.5, 0.6) is 5.88 Å². The third kappa shape index (κ3) is 4.84. The number of carbonyl (C=O) groups is 1. The topological polar surface area (TPSA) is 106 Å². The number of fused-ring (bicyclic) bond motifs is 1. The Morgan fingerprint density at radius 2 is 1.97 bits per heavy atom. The summed E-state index contributed by atoms with van der Waals surface area (Å²) in [5, 5.41) is 3.04. The molecule has 3 heterocycles. The van der Waals surface area contributed by atoms with Gasteiger partial charge in [0.25, 0.3) is 5.91 Å². The number of benzene rings is 1. The van der Waals surface area contributed by atoms with E-state index >= 15 is 0 Å². The van der Waals surface area contributed by atoms with Crippen molar-refractivity contribution in [1.82, 2.24) is 19.9 Å². The summed E-state index contributed by atoms with van der Waals surface area (Å²) in [5.41, 5.74) is 6.52. The number of amides is 1. The van der Waals surface area contributed by atoms with Crippen molar-refractivity contribution in [3.8, 4) is 5.88 Å². The highest BCUT2D eigenvalue weighted by Gasteiger charge is 2.32. The first-order valence-electron chi connectivity index (χ1n) is 10.1. The van der Waals surface area contributed by atoms with E-state index in [2.05, 4.69) is 20.3 Å². The van der Waals surface area contributed by atoms with Crippen molar-refractivity contribution < 1.29 is 22.7 Å². The Kier molecular flexibility index (Phi) is 6.22. The molecule has 12 heteroatoms. The Balaban J connectivity index is 1.59. The number of nitrogens with two attached hydrogens (primary N) is 1. The average Bonchev–Trinajstić information content (AvgIpc) is 3.21. The zero-order valence-corrected chi connectivity index (χ0v) is 18.9. The Bertz CT molecular complexity index is 1250. The highest BCUT2D eigenvalue weighted by molar-refractivity contribution is 6.28. The third-order valence-corrected chi connectivity index (χ3v) is 5.52. The first kappa shape index (κ1) is 23.6. The van der Waals surface area contributed by atoms with Crippen molar-refractivity contribution >= 4 is 29.0 Å². The summed E-state index contributed by atoms with van der Waals surface area (Å²) in [6.07, 6.45) is -4.53. The molecule has 0 unspecified atom stereocenters. The van der Waals surface area contributed by atoms with E-state index in [1.165, 1.54) is 18.1 Å². The molecule has 1 aliphatic heterocycles. The maximum atomic E-state index is 13.2. The largest absolute Gasteiger partial charge is 0.481 e.